The maximum absolute atomic E-state index is 12.9. The Morgan fingerprint density at radius 1 is 1.07 bits per heavy atom. The van der Waals surface area contributed by atoms with Crippen molar-refractivity contribution < 1.29 is 14.0 Å². The molecule has 0 unspecified atom stereocenters. The number of nitrogens with one attached hydrogen (secondary N) is 2. The van der Waals surface area contributed by atoms with Gasteiger partial charge in [0, 0.05) is 17.6 Å². The second-order valence-corrected chi connectivity index (χ2v) is 8.47. The summed E-state index contributed by atoms with van der Waals surface area (Å²) in [5, 5.41) is 7.45. The number of carbonyl (C=O) groups excluding carboxylic acids is 2. The average molecular weight is 430 g/mol. The number of hydrogen-bond acceptors (Lipinski definition) is 5. The first kappa shape index (κ1) is 21.0. The van der Waals surface area contributed by atoms with Crippen LogP contribution in [0.1, 0.15) is 16.8 Å². The van der Waals surface area contributed by atoms with Crippen molar-refractivity contribution in [2.24, 2.45) is 0 Å². The summed E-state index contributed by atoms with van der Waals surface area (Å²) >= 11 is 2.75. The van der Waals surface area contributed by atoms with Crippen molar-refractivity contribution in [3.63, 3.8) is 0 Å². The smallest absolute Gasteiger partial charge is 0.234 e. The molecule has 0 spiro atoms. The highest BCUT2D eigenvalue weighted by molar-refractivity contribution is 8.01. The van der Waals surface area contributed by atoms with E-state index in [2.05, 4.69) is 15.6 Å². The number of carbonyl (C=O) groups is 2. The van der Waals surface area contributed by atoms with Gasteiger partial charge < -0.3 is 10.6 Å². The van der Waals surface area contributed by atoms with Gasteiger partial charge in [0.25, 0.3) is 0 Å². The monoisotopic (exact) mass is 429 g/mol. The molecule has 0 atom stereocenters. The van der Waals surface area contributed by atoms with E-state index < -0.39 is 0 Å². The highest BCUT2D eigenvalue weighted by Crippen LogP contribution is 2.23. The van der Waals surface area contributed by atoms with Crippen molar-refractivity contribution in [1.82, 2.24) is 10.3 Å². The fourth-order valence-electron chi connectivity index (χ4n) is 2.43. The Hall–Kier alpha value is -2.71. The molecule has 8 heteroatoms. The number of benzene rings is 2. The molecule has 0 saturated carbocycles. The molecule has 2 N–H and O–H groups in total. The van der Waals surface area contributed by atoms with Gasteiger partial charge in [0.15, 0.2) is 4.34 Å². The Bertz CT molecular complexity index is 972. The molecule has 1 heterocycles. The maximum atomic E-state index is 12.9. The molecule has 1 aromatic heterocycles. The molecular weight excluding hydrogens is 409 g/mol. The maximum Gasteiger partial charge on any atom is 0.234 e. The van der Waals surface area contributed by atoms with Crippen molar-refractivity contribution in [3.8, 4) is 0 Å². The summed E-state index contributed by atoms with van der Waals surface area (Å²) in [7, 11) is 0. The minimum Gasteiger partial charge on any atom is -0.352 e. The first-order valence-corrected chi connectivity index (χ1v) is 10.8. The molecule has 29 heavy (non-hydrogen) atoms. The summed E-state index contributed by atoms with van der Waals surface area (Å²) < 4.78 is 13.6. The first-order valence-electron chi connectivity index (χ1n) is 8.93. The van der Waals surface area contributed by atoms with Crippen molar-refractivity contribution in [2.45, 2.75) is 24.2 Å². The van der Waals surface area contributed by atoms with Gasteiger partial charge in [-0.3, -0.25) is 9.59 Å². The lowest BCUT2D eigenvalue weighted by Gasteiger charge is -2.04. The first-order chi connectivity index (χ1) is 14.0. The molecule has 0 aliphatic carbocycles. The van der Waals surface area contributed by atoms with E-state index in [0.717, 1.165) is 21.2 Å². The molecule has 2 aromatic carbocycles. The van der Waals surface area contributed by atoms with Crippen LogP contribution in [0.25, 0.3) is 0 Å². The lowest BCUT2D eigenvalue weighted by atomic mass is 10.2. The number of halogens is 1. The molecule has 2 amide bonds. The third-order valence-corrected chi connectivity index (χ3v) is 6.01. The molecule has 5 nitrogen and oxygen atoms in total. The van der Waals surface area contributed by atoms with Gasteiger partial charge >= 0.3 is 0 Å². The molecule has 0 bridgehead atoms. The van der Waals surface area contributed by atoms with Crippen LogP contribution in [0.3, 0.4) is 0 Å². The number of amides is 2. The molecule has 150 valence electrons. The van der Waals surface area contributed by atoms with Crippen molar-refractivity contribution in [1.29, 1.82) is 0 Å². The third-order valence-electron chi connectivity index (χ3n) is 3.94. The second kappa shape index (κ2) is 10.2. The number of nitrogens with zero attached hydrogens (tertiary/aromatic N) is 1. The van der Waals surface area contributed by atoms with Crippen LogP contribution < -0.4 is 10.6 Å². The van der Waals surface area contributed by atoms with Gasteiger partial charge in [-0.25, -0.2) is 9.37 Å². The standard InChI is InChI=1S/C21H20FN3O2S2/c1-14-2-8-17(9-3-14)24-20(27)13-29-21-25-18(12-28-21)10-19(26)23-11-15-4-6-16(22)7-5-15/h2-9,12H,10-11,13H2,1H3,(H,23,26)(H,24,27). The predicted molar refractivity (Wildman–Crippen MR) is 115 cm³/mol. The van der Waals surface area contributed by atoms with Crippen LogP contribution in [0.15, 0.2) is 58.3 Å². The van der Waals surface area contributed by atoms with Gasteiger partial charge in [0.1, 0.15) is 5.82 Å². The minimum atomic E-state index is -0.305. The Kier molecular flexibility index (Phi) is 7.37. The van der Waals surface area contributed by atoms with Gasteiger partial charge in [0.2, 0.25) is 11.8 Å². The van der Waals surface area contributed by atoms with E-state index in [0.29, 0.717) is 12.2 Å². The molecule has 3 rings (SSSR count). The Balaban J connectivity index is 1.41. The van der Waals surface area contributed by atoms with Gasteiger partial charge in [-0.05, 0) is 36.8 Å². The van der Waals surface area contributed by atoms with Gasteiger partial charge in [0.05, 0.1) is 17.9 Å². The fourth-order valence-corrected chi connectivity index (χ4v) is 4.07. The van der Waals surface area contributed by atoms with E-state index in [9.17, 15) is 14.0 Å². The molecule has 0 fully saturated rings. The van der Waals surface area contributed by atoms with Crippen LogP contribution in [-0.2, 0) is 22.6 Å². The quantitative estimate of drug-likeness (QED) is 0.527. The molecule has 0 saturated heterocycles. The Morgan fingerprint density at radius 3 is 2.52 bits per heavy atom. The minimum absolute atomic E-state index is 0.104. The zero-order valence-electron chi connectivity index (χ0n) is 15.8. The van der Waals surface area contributed by atoms with E-state index in [1.165, 1.54) is 35.2 Å². The van der Waals surface area contributed by atoms with Crippen LogP contribution in [0.4, 0.5) is 10.1 Å². The van der Waals surface area contributed by atoms with Crippen LogP contribution in [0.5, 0.6) is 0 Å². The second-order valence-electron chi connectivity index (χ2n) is 6.39. The van der Waals surface area contributed by atoms with E-state index >= 15 is 0 Å². The van der Waals surface area contributed by atoms with E-state index in [1.807, 2.05) is 36.6 Å². The summed E-state index contributed by atoms with van der Waals surface area (Å²) in [4.78, 5) is 28.5. The van der Waals surface area contributed by atoms with Crippen LogP contribution in [0.2, 0.25) is 0 Å². The predicted octanol–water partition coefficient (Wildman–Crippen LogP) is 4.18. The third kappa shape index (κ3) is 6.99. The molecular formula is C21H20FN3O2S2. The number of aromatic nitrogens is 1. The highest BCUT2D eigenvalue weighted by Gasteiger charge is 2.10. The number of thiazole rings is 1. The van der Waals surface area contributed by atoms with Crippen LogP contribution >= 0.6 is 23.1 Å². The van der Waals surface area contributed by atoms with Crippen LogP contribution in [-0.4, -0.2) is 22.6 Å². The number of anilines is 1. The summed E-state index contributed by atoms with van der Waals surface area (Å²) in [6.45, 7) is 2.33. The SMILES string of the molecule is Cc1ccc(NC(=O)CSc2nc(CC(=O)NCc3ccc(F)cc3)cs2)cc1. The largest absolute Gasteiger partial charge is 0.352 e. The lowest BCUT2D eigenvalue weighted by molar-refractivity contribution is -0.120. The van der Waals surface area contributed by atoms with Crippen molar-refractivity contribution >= 4 is 40.6 Å². The van der Waals surface area contributed by atoms with Gasteiger partial charge in [-0.2, -0.15) is 0 Å². The zero-order valence-corrected chi connectivity index (χ0v) is 17.4. The summed E-state index contributed by atoms with van der Waals surface area (Å²) in [5.41, 5.74) is 3.38. The van der Waals surface area contributed by atoms with E-state index in [1.54, 1.807) is 12.1 Å². The topological polar surface area (TPSA) is 71.1 Å². The number of rotatable bonds is 8. The molecule has 0 aliphatic heterocycles. The summed E-state index contributed by atoms with van der Waals surface area (Å²) in [5.74, 6) is -0.321. The fraction of sp³-hybridized carbons (Fsp3) is 0.190. The molecule has 0 radical (unpaired) electrons. The Labute approximate surface area is 176 Å². The van der Waals surface area contributed by atoms with E-state index in [-0.39, 0.29) is 29.8 Å². The van der Waals surface area contributed by atoms with Gasteiger partial charge in [-0.1, -0.05) is 41.6 Å². The van der Waals surface area contributed by atoms with Gasteiger partial charge in [-0.15, -0.1) is 11.3 Å². The van der Waals surface area contributed by atoms with Crippen LogP contribution in [0, 0.1) is 12.7 Å². The zero-order chi connectivity index (χ0) is 20.6. The van der Waals surface area contributed by atoms with E-state index in [4.69, 9.17) is 0 Å². The molecule has 0 aliphatic rings. The normalized spacial score (nSPS) is 10.6. The number of hydrogen-bond donors (Lipinski definition) is 2. The Morgan fingerprint density at radius 2 is 1.79 bits per heavy atom. The number of aryl methyl sites for hydroxylation is 1. The average Bonchev–Trinajstić information content (AvgIpc) is 3.15. The molecule has 3 aromatic rings. The lowest BCUT2D eigenvalue weighted by Crippen LogP contribution is -2.24. The summed E-state index contributed by atoms with van der Waals surface area (Å²) in [6, 6.07) is 13.6. The number of thioether (sulfide) groups is 1. The van der Waals surface area contributed by atoms with Crippen molar-refractivity contribution in [3.05, 3.63) is 76.5 Å². The summed E-state index contributed by atoms with van der Waals surface area (Å²) in [6.07, 6.45) is 0.161. The highest BCUT2D eigenvalue weighted by atomic mass is 32.2. The van der Waals surface area contributed by atoms with Crippen molar-refractivity contribution in [2.75, 3.05) is 11.1 Å².